The number of anilines is 2. The van der Waals surface area contributed by atoms with Crippen molar-refractivity contribution in [3.63, 3.8) is 0 Å². The first kappa shape index (κ1) is 21.5. The second-order valence-electron chi connectivity index (χ2n) is 8.27. The van der Waals surface area contributed by atoms with Crippen LogP contribution in [0.3, 0.4) is 0 Å². The maximum Gasteiger partial charge on any atom is 0.234 e. The predicted octanol–water partition coefficient (Wildman–Crippen LogP) is 4.50. The van der Waals surface area contributed by atoms with Gasteiger partial charge in [-0.15, -0.1) is 10.2 Å². The molecular formula is C23H29N5O2S. The first-order valence-corrected chi connectivity index (χ1v) is 11.7. The standard InChI is InChI=1S/C23H29N5O2S/c1-16-8-10-27(11-9-16)22-25-26-23(28(22)14-19-5-4-12-30-19)31-15-21(29)24-20-13-17(2)6-7-18(20)3/h4-7,12-13,16H,8-11,14-15H2,1-3H3,(H,24,29). The van der Waals surface area contributed by atoms with Gasteiger partial charge in [0.1, 0.15) is 5.76 Å². The van der Waals surface area contributed by atoms with Crippen LogP contribution >= 0.6 is 11.8 Å². The maximum absolute atomic E-state index is 12.6. The Morgan fingerprint density at radius 1 is 1.23 bits per heavy atom. The van der Waals surface area contributed by atoms with E-state index in [1.54, 1.807) is 6.26 Å². The summed E-state index contributed by atoms with van der Waals surface area (Å²) in [5.41, 5.74) is 3.02. The summed E-state index contributed by atoms with van der Waals surface area (Å²) in [7, 11) is 0. The SMILES string of the molecule is Cc1ccc(C)c(NC(=O)CSc2nnc(N3CCC(C)CC3)n2Cc2ccco2)c1. The number of rotatable bonds is 7. The van der Waals surface area contributed by atoms with E-state index in [-0.39, 0.29) is 11.7 Å². The lowest BCUT2D eigenvalue weighted by atomic mass is 10.00. The third-order valence-corrected chi connectivity index (χ3v) is 6.62. The summed E-state index contributed by atoms with van der Waals surface area (Å²) < 4.78 is 7.63. The Labute approximate surface area is 187 Å². The molecule has 0 atom stereocenters. The largest absolute Gasteiger partial charge is 0.467 e. The number of carbonyl (C=O) groups excluding carboxylic acids is 1. The van der Waals surface area contributed by atoms with Crippen LogP contribution in [0.1, 0.15) is 36.7 Å². The molecule has 0 bridgehead atoms. The molecule has 1 saturated heterocycles. The molecule has 0 aliphatic carbocycles. The molecule has 3 heterocycles. The molecular weight excluding hydrogens is 410 g/mol. The number of carbonyl (C=O) groups is 1. The van der Waals surface area contributed by atoms with E-state index in [2.05, 4.69) is 31.9 Å². The minimum Gasteiger partial charge on any atom is -0.467 e. The molecule has 7 nitrogen and oxygen atoms in total. The Morgan fingerprint density at radius 3 is 2.77 bits per heavy atom. The lowest BCUT2D eigenvalue weighted by Crippen LogP contribution is -2.35. The molecule has 0 unspecified atom stereocenters. The highest BCUT2D eigenvalue weighted by molar-refractivity contribution is 7.99. The van der Waals surface area contributed by atoms with Crippen molar-refractivity contribution in [2.75, 3.05) is 29.1 Å². The number of nitrogens with one attached hydrogen (secondary N) is 1. The van der Waals surface area contributed by atoms with Crippen LogP contribution in [-0.4, -0.2) is 39.5 Å². The Hall–Kier alpha value is -2.74. The topological polar surface area (TPSA) is 76.2 Å². The number of piperidine rings is 1. The van der Waals surface area contributed by atoms with Crippen molar-refractivity contribution in [1.29, 1.82) is 0 Å². The van der Waals surface area contributed by atoms with E-state index < -0.39 is 0 Å². The molecule has 1 amide bonds. The Bertz CT molecular complexity index is 1020. The highest BCUT2D eigenvalue weighted by Gasteiger charge is 2.23. The van der Waals surface area contributed by atoms with Crippen molar-refractivity contribution in [2.24, 2.45) is 5.92 Å². The first-order chi connectivity index (χ1) is 15.0. The number of hydrogen-bond acceptors (Lipinski definition) is 6. The molecule has 4 rings (SSSR count). The quantitative estimate of drug-likeness (QED) is 0.546. The minimum absolute atomic E-state index is 0.0559. The van der Waals surface area contributed by atoms with Crippen LogP contribution in [0, 0.1) is 19.8 Å². The number of nitrogens with zero attached hydrogens (tertiary/aromatic N) is 4. The number of aryl methyl sites for hydroxylation is 2. The van der Waals surface area contributed by atoms with Gasteiger partial charge in [0.25, 0.3) is 0 Å². The summed E-state index contributed by atoms with van der Waals surface area (Å²) in [5.74, 6) is 2.63. The molecule has 0 spiro atoms. The van der Waals surface area contributed by atoms with Gasteiger partial charge in [0, 0.05) is 18.8 Å². The average molecular weight is 440 g/mol. The molecule has 8 heteroatoms. The van der Waals surface area contributed by atoms with Crippen molar-refractivity contribution in [2.45, 2.75) is 45.3 Å². The second kappa shape index (κ2) is 9.60. The van der Waals surface area contributed by atoms with E-state index in [9.17, 15) is 4.79 Å². The van der Waals surface area contributed by atoms with Crippen LogP contribution in [0.25, 0.3) is 0 Å². The van der Waals surface area contributed by atoms with E-state index in [4.69, 9.17) is 4.42 Å². The summed E-state index contributed by atoms with van der Waals surface area (Å²) in [6.45, 7) is 8.78. The smallest absolute Gasteiger partial charge is 0.234 e. The Balaban J connectivity index is 1.48. The summed E-state index contributed by atoms with van der Waals surface area (Å²) in [4.78, 5) is 14.9. The zero-order valence-corrected chi connectivity index (χ0v) is 19.1. The van der Waals surface area contributed by atoms with E-state index in [0.717, 1.165) is 65.5 Å². The van der Waals surface area contributed by atoms with Gasteiger partial charge < -0.3 is 14.6 Å². The number of aromatic nitrogens is 3. The fourth-order valence-electron chi connectivity index (χ4n) is 3.71. The summed E-state index contributed by atoms with van der Waals surface area (Å²) in [6.07, 6.45) is 3.97. The molecule has 1 fully saturated rings. The number of thioether (sulfide) groups is 1. The molecule has 0 saturated carbocycles. The van der Waals surface area contributed by atoms with Gasteiger partial charge in [-0.05, 0) is 61.9 Å². The summed E-state index contributed by atoms with van der Waals surface area (Å²) >= 11 is 1.40. The van der Waals surface area contributed by atoms with Crippen LogP contribution in [0.4, 0.5) is 11.6 Å². The third kappa shape index (κ3) is 5.31. The highest BCUT2D eigenvalue weighted by atomic mass is 32.2. The molecule has 1 aromatic carbocycles. The van der Waals surface area contributed by atoms with Crippen molar-refractivity contribution in [1.82, 2.24) is 14.8 Å². The lowest BCUT2D eigenvalue weighted by molar-refractivity contribution is -0.113. The molecule has 31 heavy (non-hydrogen) atoms. The molecule has 0 radical (unpaired) electrons. The fraction of sp³-hybridized carbons (Fsp3) is 0.435. The molecule has 2 aromatic heterocycles. The van der Waals surface area contributed by atoms with Crippen LogP contribution in [0.5, 0.6) is 0 Å². The van der Waals surface area contributed by atoms with Gasteiger partial charge in [-0.3, -0.25) is 9.36 Å². The van der Waals surface area contributed by atoms with Gasteiger partial charge in [0.2, 0.25) is 11.9 Å². The van der Waals surface area contributed by atoms with Crippen LogP contribution in [0.15, 0.2) is 46.2 Å². The molecule has 1 N–H and O–H groups in total. The van der Waals surface area contributed by atoms with Gasteiger partial charge in [-0.1, -0.05) is 30.8 Å². The van der Waals surface area contributed by atoms with E-state index in [0.29, 0.717) is 6.54 Å². The lowest BCUT2D eigenvalue weighted by Gasteiger charge is -2.31. The van der Waals surface area contributed by atoms with E-state index >= 15 is 0 Å². The number of hydrogen-bond donors (Lipinski definition) is 1. The monoisotopic (exact) mass is 439 g/mol. The molecule has 1 aliphatic heterocycles. The second-order valence-corrected chi connectivity index (χ2v) is 9.22. The van der Waals surface area contributed by atoms with Crippen molar-refractivity contribution in [3.8, 4) is 0 Å². The van der Waals surface area contributed by atoms with Crippen LogP contribution < -0.4 is 10.2 Å². The number of benzene rings is 1. The summed E-state index contributed by atoms with van der Waals surface area (Å²) in [5, 5.41) is 12.6. The Morgan fingerprint density at radius 2 is 2.03 bits per heavy atom. The van der Waals surface area contributed by atoms with Crippen LogP contribution in [0.2, 0.25) is 0 Å². The predicted molar refractivity (Wildman–Crippen MR) is 124 cm³/mol. The Kier molecular flexibility index (Phi) is 6.65. The minimum atomic E-state index is -0.0559. The van der Waals surface area contributed by atoms with Gasteiger partial charge in [0.05, 0.1) is 18.6 Å². The van der Waals surface area contributed by atoms with Crippen molar-refractivity contribution >= 4 is 29.3 Å². The fourth-order valence-corrected chi connectivity index (χ4v) is 4.45. The van der Waals surface area contributed by atoms with E-state index in [1.807, 2.05) is 44.2 Å². The molecule has 1 aliphatic rings. The number of amides is 1. The van der Waals surface area contributed by atoms with Gasteiger partial charge in [0.15, 0.2) is 5.16 Å². The molecule has 164 valence electrons. The maximum atomic E-state index is 12.6. The van der Waals surface area contributed by atoms with Crippen molar-refractivity contribution < 1.29 is 9.21 Å². The number of furan rings is 1. The normalized spacial score (nSPS) is 14.7. The van der Waals surface area contributed by atoms with Gasteiger partial charge in [-0.25, -0.2) is 0 Å². The van der Waals surface area contributed by atoms with Gasteiger partial charge >= 0.3 is 0 Å². The average Bonchev–Trinajstić information content (AvgIpc) is 3.40. The van der Waals surface area contributed by atoms with Crippen LogP contribution in [-0.2, 0) is 11.3 Å². The van der Waals surface area contributed by atoms with Crippen molar-refractivity contribution in [3.05, 3.63) is 53.5 Å². The van der Waals surface area contributed by atoms with Gasteiger partial charge in [-0.2, -0.15) is 0 Å². The first-order valence-electron chi connectivity index (χ1n) is 10.7. The molecule has 3 aromatic rings. The zero-order chi connectivity index (χ0) is 21.8. The zero-order valence-electron chi connectivity index (χ0n) is 18.3. The summed E-state index contributed by atoms with van der Waals surface area (Å²) in [6, 6.07) is 9.88. The van der Waals surface area contributed by atoms with E-state index in [1.165, 1.54) is 11.8 Å². The third-order valence-electron chi connectivity index (χ3n) is 5.66. The highest BCUT2D eigenvalue weighted by Crippen LogP contribution is 2.27.